The van der Waals surface area contributed by atoms with Gasteiger partial charge < -0.3 is 9.52 Å². The number of anilines is 1. The van der Waals surface area contributed by atoms with Crippen LogP contribution < -0.4 is 10.3 Å². The molecule has 6 heteroatoms. The first kappa shape index (κ1) is 19.6. The Morgan fingerprint density at radius 2 is 1.81 bits per heavy atom. The molecule has 1 aliphatic heterocycles. The summed E-state index contributed by atoms with van der Waals surface area (Å²) in [4.78, 5) is 28.6. The van der Waals surface area contributed by atoms with E-state index in [0.717, 1.165) is 16.5 Å². The van der Waals surface area contributed by atoms with Gasteiger partial charge in [-0.25, -0.2) is 0 Å². The van der Waals surface area contributed by atoms with Crippen LogP contribution in [0.25, 0.3) is 11.0 Å². The topological polar surface area (TPSA) is 70.8 Å². The summed E-state index contributed by atoms with van der Waals surface area (Å²) in [5.41, 5.74) is 2.82. The highest BCUT2D eigenvalue weighted by Crippen LogP contribution is 2.42. The number of aromatic hydroxyl groups is 1. The van der Waals surface area contributed by atoms with Crippen LogP contribution in [0.3, 0.4) is 0 Å². The van der Waals surface area contributed by atoms with Crippen molar-refractivity contribution in [2.75, 3.05) is 4.90 Å². The number of fused-ring (bicyclic) bond motifs is 2. The molecule has 0 saturated carbocycles. The lowest BCUT2D eigenvalue weighted by molar-refractivity contribution is 0.0971. The van der Waals surface area contributed by atoms with Crippen LogP contribution in [0.2, 0.25) is 0 Å². The fourth-order valence-electron chi connectivity index (χ4n) is 4.11. The molecule has 154 valence electrons. The fourth-order valence-corrected chi connectivity index (χ4v) is 4.48. The third-order valence-corrected chi connectivity index (χ3v) is 6.13. The van der Waals surface area contributed by atoms with Crippen LogP contribution in [0, 0.1) is 0 Å². The van der Waals surface area contributed by atoms with E-state index in [-0.39, 0.29) is 28.4 Å². The molecule has 1 atom stereocenters. The summed E-state index contributed by atoms with van der Waals surface area (Å²) in [5.74, 6) is -0.283. The zero-order valence-electron chi connectivity index (χ0n) is 16.6. The summed E-state index contributed by atoms with van der Waals surface area (Å²) in [5, 5.41) is 10.5. The number of rotatable bonds is 3. The van der Waals surface area contributed by atoms with Crippen molar-refractivity contribution in [2.45, 2.75) is 19.4 Å². The van der Waals surface area contributed by atoms with Crippen molar-refractivity contribution < 1.29 is 14.3 Å². The van der Waals surface area contributed by atoms with Gasteiger partial charge >= 0.3 is 0 Å². The molecular weight excluding hydrogens is 458 g/mol. The van der Waals surface area contributed by atoms with Crippen molar-refractivity contribution in [3.8, 4) is 5.75 Å². The minimum Gasteiger partial charge on any atom is -0.508 e. The zero-order chi connectivity index (χ0) is 21.7. The van der Waals surface area contributed by atoms with E-state index in [0.29, 0.717) is 22.2 Å². The Balaban J connectivity index is 1.80. The lowest BCUT2D eigenvalue weighted by atomic mass is 9.98. The number of amides is 1. The number of hydrogen-bond donors (Lipinski definition) is 1. The molecule has 31 heavy (non-hydrogen) atoms. The first-order chi connectivity index (χ1) is 15.0. The van der Waals surface area contributed by atoms with Crippen molar-refractivity contribution in [1.29, 1.82) is 0 Å². The van der Waals surface area contributed by atoms with Crippen molar-refractivity contribution in [2.24, 2.45) is 0 Å². The smallest absolute Gasteiger partial charge is 0.295 e. The molecule has 5 rings (SSSR count). The zero-order valence-corrected chi connectivity index (χ0v) is 18.2. The predicted octanol–water partition coefficient (Wildman–Crippen LogP) is 5.57. The van der Waals surface area contributed by atoms with Crippen LogP contribution in [-0.4, -0.2) is 11.0 Å². The molecule has 0 fully saturated rings. The van der Waals surface area contributed by atoms with Crippen LogP contribution >= 0.6 is 15.9 Å². The molecule has 1 aliphatic rings. The monoisotopic (exact) mass is 475 g/mol. The van der Waals surface area contributed by atoms with Gasteiger partial charge in [-0.2, -0.15) is 0 Å². The van der Waals surface area contributed by atoms with E-state index in [1.807, 2.05) is 24.3 Å². The third kappa shape index (κ3) is 3.15. The second-order valence-corrected chi connectivity index (χ2v) is 8.42. The number of aryl methyl sites for hydroxylation is 1. The molecule has 1 unspecified atom stereocenters. The van der Waals surface area contributed by atoms with E-state index >= 15 is 0 Å². The minimum absolute atomic E-state index is 0.0349. The SMILES string of the molecule is CCc1ccc(N2C(=O)c3oc4ccc(Br)cc4c(=O)c3C2c2cccc(O)c2)cc1. The predicted molar refractivity (Wildman–Crippen MR) is 123 cm³/mol. The summed E-state index contributed by atoms with van der Waals surface area (Å²) in [6, 6.07) is 18.7. The molecule has 0 bridgehead atoms. The molecule has 0 spiro atoms. The van der Waals surface area contributed by atoms with Gasteiger partial charge in [0.15, 0.2) is 5.43 Å². The Morgan fingerprint density at radius 3 is 2.52 bits per heavy atom. The summed E-state index contributed by atoms with van der Waals surface area (Å²) in [7, 11) is 0. The molecule has 0 saturated heterocycles. The molecule has 5 nitrogen and oxygen atoms in total. The standard InChI is InChI=1S/C25H18BrNO4/c1-2-14-6-9-17(10-7-14)27-22(15-4-3-5-18(28)12-15)21-23(29)19-13-16(26)8-11-20(19)31-24(21)25(27)30/h3-13,22,28H,2H2,1H3. The van der Waals surface area contributed by atoms with Crippen molar-refractivity contribution in [1.82, 2.24) is 0 Å². The highest BCUT2D eigenvalue weighted by atomic mass is 79.9. The summed E-state index contributed by atoms with van der Waals surface area (Å²) >= 11 is 3.40. The van der Waals surface area contributed by atoms with E-state index in [1.54, 1.807) is 47.4 Å². The van der Waals surface area contributed by atoms with Gasteiger partial charge in [0.2, 0.25) is 5.76 Å². The summed E-state index contributed by atoms with van der Waals surface area (Å²) in [6.07, 6.45) is 0.880. The largest absolute Gasteiger partial charge is 0.508 e. The van der Waals surface area contributed by atoms with Crippen molar-refractivity contribution in [3.05, 3.63) is 104 Å². The number of phenols is 1. The second kappa shape index (κ2) is 7.39. The van der Waals surface area contributed by atoms with Crippen molar-refractivity contribution in [3.63, 3.8) is 0 Å². The first-order valence-electron chi connectivity index (χ1n) is 9.95. The van der Waals surface area contributed by atoms with E-state index in [4.69, 9.17) is 4.42 Å². The number of phenolic OH excluding ortho intramolecular Hbond substituents is 1. The average molecular weight is 476 g/mol. The maximum atomic E-state index is 13.5. The van der Waals surface area contributed by atoms with E-state index < -0.39 is 6.04 Å². The van der Waals surface area contributed by atoms with Gasteiger partial charge in [-0.3, -0.25) is 14.5 Å². The van der Waals surface area contributed by atoms with Gasteiger partial charge in [0.05, 0.1) is 17.0 Å². The number of carbonyl (C=O) groups is 1. The van der Waals surface area contributed by atoms with Crippen LogP contribution in [-0.2, 0) is 6.42 Å². The molecule has 1 aromatic heterocycles. The molecule has 3 aromatic carbocycles. The van der Waals surface area contributed by atoms with Crippen LogP contribution in [0.4, 0.5) is 5.69 Å². The lowest BCUT2D eigenvalue weighted by Crippen LogP contribution is -2.29. The minimum atomic E-state index is -0.707. The third-order valence-electron chi connectivity index (χ3n) is 5.64. The number of hydrogen-bond acceptors (Lipinski definition) is 4. The van der Waals surface area contributed by atoms with Crippen LogP contribution in [0.5, 0.6) is 5.75 Å². The summed E-state index contributed by atoms with van der Waals surface area (Å²) < 4.78 is 6.70. The maximum Gasteiger partial charge on any atom is 0.295 e. The molecule has 0 radical (unpaired) electrons. The number of benzene rings is 3. The van der Waals surface area contributed by atoms with Gasteiger partial charge in [-0.05, 0) is 60.0 Å². The molecule has 4 aromatic rings. The van der Waals surface area contributed by atoms with Gasteiger partial charge in [0.1, 0.15) is 11.3 Å². The van der Waals surface area contributed by atoms with Gasteiger partial charge in [-0.15, -0.1) is 0 Å². The molecule has 0 aliphatic carbocycles. The highest BCUT2D eigenvalue weighted by molar-refractivity contribution is 9.10. The average Bonchev–Trinajstić information content (AvgIpc) is 3.07. The van der Waals surface area contributed by atoms with Gasteiger partial charge in [0, 0.05) is 10.2 Å². The lowest BCUT2D eigenvalue weighted by Gasteiger charge is -2.25. The van der Waals surface area contributed by atoms with E-state index in [2.05, 4.69) is 22.9 Å². The van der Waals surface area contributed by atoms with Crippen LogP contribution in [0.15, 0.2) is 80.4 Å². The molecule has 1 amide bonds. The van der Waals surface area contributed by atoms with Crippen molar-refractivity contribution >= 4 is 38.5 Å². The Morgan fingerprint density at radius 1 is 1.03 bits per heavy atom. The highest BCUT2D eigenvalue weighted by Gasteiger charge is 2.43. The van der Waals surface area contributed by atoms with Gasteiger partial charge in [0.25, 0.3) is 5.91 Å². The Hall–Kier alpha value is -3.38. The molecule has 2 heterocycles. The quantitative estimate of drug-likeness (QED) is 0.420. The Bertz CT molecular complexity index is 1390. The van der Waals surface area contributed by atoms with Crippen LogP contribution in [0.1, 0.15) is 40.2 Å². The fraction of sp³-hybridized carbons (Fsp3) is 0.120. The number of halogens is 1. The Kier molecular flexibility index (Phi) is 4.67. The van der Waals surface area contributed by atoms with Gasteiger partial charge in [-0.1, -0.05) is 47.1 Å². The first-order valence-corrected chi connectivity index (χ1v) is 10.7. The second-order valence-electron chi connectivity index (χ2n) is 7.51. The summed E-state index contributed by atoms with van der Waals surface area (Å²) in [6.45, 7) is 2.06. The number of nitrogens with zero attached hydrogens (tertiary/aromatic N) is 1. The number of carbonyl (C=O) groups excluding carboxylic acids is 1. The van der Waals surface area contributed by atoms with E-state index in [9.17, 15) is 14.7 Å². The Labute approximate surface area is 186 Å². The molecular formula is C25H18BrNO4. The normalized spacial score (nSPS) is 15.5. The molecule has 1 N–H and O–H groups in total. The van der Waals surface area contributed by atoms with E-state index in [1.165, 1.54) is 0 Å². The maximum absolute atomic E-state index is 13.5.